The van der Waals surface area contributed by atoms with E-state index in [1.807, 2.05) is 48.7 Å². The number of aryl methyl sites for hydroxylation is 2. The van der Waals surface area contributed by atoms with E-state index >= 15 is 0 Å². The first-order chi connectivity index (χ1) is 14.2. The molecule has 0 N–H and O–H groups in total. The van der Waals surface area contributed by atoms with E-state index in [1.165, 1.54) is 4.90 Å². The average Bonchev–Trinajstić information content (AvgIpc) is 2.77. The van der Waals surface area contributed by atoms with Crippen LogP contribution in [-0.4, -0.2) is 43.0 Å². The number of ether oxygens (including phenoxy) is 1. The molecule has 0 aliphatic carbocycles. The maximum Gasteiger partial charge on any atom is 0.267 e. The van der Waals surface area contributed by atoms with Gasteiger partial charge >= 0.3 is 0 Å². The molecular formula is C24H26N2O3. The minimum atomic E-state index is -0.254. The van der Waals surface area contributed by atoms with Gasteiger partial charge < -0.3 is 9.64 Å². The molecule has 1 fully saturated rings. The Morgan fingerprint density at radius 1 is 0.862 bits per heavy atom. The molecule has 2 heterocycles. The first-order valence-corrected chi connectivity index (χ1v) is 10.3. The van der Waals surface area contributed by atoms with Crippen molar-refractivity contribution in [3.8, 4) is 0 Å². The lowest BCUT2D eigenvalue weighted by Gasteiger charge is -2.33. The lowest BCUT2D eigenvalue weighted by atomic mass is 9.91. The highest BCUT2D eigenvalue weighted by Crippen LogP contribution is 2.36. The standard InChI is InChI=1S/C24H26N2O3/c1-3-17-8-7-9-18(4-2)22(17)26-23(27)20-11-6-5-10-19(20)21(24(26)28)16-25-12-14-29-15-13-25/h5-11,16H,3-4,12-15H2,1-2H3. The Morgan fingerprint density at radius 3 is 2.10 bits per heavy atom. The Bertz CT molecular complexity index is 952. The first kappa shape index (κ1) is 19.4. The van der Waals surface area contributed by atoms with Crippen LogP contribution in [0.25, 0.3) is 5.57 Å². The molecule has 0 spiro atoms. The van der Waals surface area contributed by atoms with E-state index in [9.17, 15) is 9.59 Å². The number of fused-ring (bicyclic) bond motifs is 1. The van der Waals surface area contributed by atoms with Crippen molar-refractivity contribution in [1.82, 2.24) is 4.90 Å². The smallest absolute Gasteiger partial charge is 0.267 e. The van der Waals surface area contributed by atoms with Gasteiger partial charge in [0.25, 0.3) is 11.8 Å². The zero-order valence-corrected chi connectivity index (χ0v) is 17.0. The molecule has 0 atom stereocenters. The Labute approximate surface area is 171 Å². The molecule has 0 aromatic heterocycles. The topological polar surface area (TPSA) is 49.9 Å². The number of amides is 2. The van der Waals surface area contributed by atoms with E-state index < -0.39 is 0 Å². The molecule has 2 aliphatic heterocycles. The van der Waals surface area contributed by atoms with Gasteiger partial charge in [-0.3, -0.25) is 9.59 Å². The van der Waals surface area contributed by atoms with E-state index in [2.05, 4.69) is 18.7 Å². The summed E-state index contributed by atoms with van der Waals surface area (Å²) in [5.41, 5.74) is 4.61. The molecule has 2 aromatic carbocycles. The maximum atomic E-state index is 13.7. The number of hydrogen-bond donors (Lipinski definition) is 0. The fraction of sp³-hybridized carbons (Fsp3) is 0.333. The minimum absolute atomic E-state index is 0.250. The fourth-order valence-corrected chi connectivity index (χ4v) is 4.07. The Hall–Kier alpha value is -2.92. The van der Waals surface area contributed by atoms with E-state index in [1.54, 1.807) is 0 Å². The van der Waals surface area contributed by atoms with E-state index in [4.69, 9.17) is 4.74 Å². The van der Waals surface area contributed by atoms with Crippen LogP contribution in [0.3, 0.4) is 0 Å². The Balaban J connectivity index is 1.89. The molecule has 1 saturated heterocycles. The molecule has 0 bridgehead atoms. The third-order valence-corrected chi connectivity index (χ3v) is 5.63. The highest BCUT2D eigenvalue weighted by Gasteiger charge is 2.37. The number of hydrogen-bond acceptors (Lipinski definition) is 4. The SMILES string of the molecule is CCc1cccc(CC)c1N1C(=O)C(=CN2CCOCC2)c2ccccc2C1=O. The van der Waals surface area contributed by atoms with Crippen molar-refractivity contribution >= 4 is 23.1 Å². The first-order valence-electron chi connectivity index (χ1n) is 10.3. The van der Waals surface area contributed by atoms with Gasteiger partial charge in [0, 0.05) is 30.4 Å². The van der Waals surface area contributed by atoms with Crippen molar-refractivity contribution in [2.75, 3.05) is 31.2 Å². The Kier molecular flexibility index (Phi) is 5.49. The van der Waals surface area contributed by atoms with Crippen molar-refractivity contribution < 1.29 is 14.3 Å². The fourth-order valence-electron chi connectivity index (χ4n) is 4.07. The summed E-state index contributed by atoms with van der Waals surface area (Å²) in [6.45, 7) is 6.85. The third kappa shape index (κ3) is 3.47. The summed E-state index contributed by atoms with van der Waals surface area (Å²) < 4.78 is 5.43. The number of anilines is 1. The number of nitrogens with zero attached hydrogens (tertiary/aromatic N) is 2. The second kappa shape index (κ2) is 8.21. The number of rotatable bonds is 4. The lowest BCUT2D eigenvalue weighted by molar-refractivity contribution is -0.113. The average molecular weight is 390 g/mol. The van der Waals surface area contributed by atoms with Crippen molar-refractivity contribution in [2.24, 2.45) is 0 Å². The summed E-state index contributed by atoms with van der Waals surface area (Å²) in [6.07, 6.45) is 3.41. The van der Waals surface area contributed by atoms with Crippen LogP contribution in [0.1, 0.15) is 40.9 Å². The number of carbonyl (C=O) groups excluding carboxylic acids is 2. The van der Waals surface area contributed by atoms with Gasteiger partial charge in [0.2, 0.25) is 0 Å². The van der Waals surface area contributed by atoms with Crippen LogP contribution >= 0.6 is 0 Å². The van der Waals surface area contributed by atoms with Crippen LogP contribution in [0.2, 0.25) is 0 Å². The normalized spacial score (nSPS) is 18.3. The van der Waals surface area contributed by atoms with Crippen molar-refractivity contribution in [2.45, 2.75) is 26.7 Å². The lowest BCUT2D eigenvalue weighted by Crippen LogP contribution is -2.43. The molecule has 4 rings (SSSR count). The van der Waals surface area contributed by atoms with Crippen LogP contribution in [0.15, 0.2) is 48.7 Å². The van der Waals surface area contributed by atoms with E-state index in [0.717, 1.165) is 42.7 Å². The molecule has 150 valence electrons. The molecule has 0 saturated carbocycles. The van der Waals surface area contributed by atoms with Crippen LogP contribution in [-0.2, 0) is 22.4 Å². The van der Waals surface area contributed by atoms with Gasteiger partial charge in [-0.05, 0) is 30.0 Å². The largest absolute Gasteiger partial charge is 0.378 e. The number of morpholine rings is 1. The number of carbonyl (C=O) groups is 2. The summed E-state index contributed by atoms with van der Waals surface area (Å²) in [5, 5.41) is 0. The number of imide groups is 1. The van der Waals surface area contributed by atoms with Crippen LogP contribution in [0.4, 0.5) is 5.69 Å². The molecule has 2 aliphatic rings. The van der Waals surface area contributed by atoms with Gasteiger partial charge in [-0.25, -0.2) is 4.90 Å². The van der Waals surface area contributed by atoms with Gasteiger partial charge in [0.15, 0.2) is 0 Å². The summed E-state index contributed by atoms with van der Waals surface area (Å²) in [4.78, 5) is 30.6. The summed E-state index contributed by atoms with van der Waals surface area (Å²) in [7, 11) is 0. The van der Waals surface area contributed by atoms with Crippen molar-refractivity contribution in [3.05, 3.63) is 70.9 Å². The molecule has 2 aromatic rings. The van der Waals surface area contributed by atoms with Gasteiger partial charge in [-0.15, -0.1) is 0 Å². The molecule has 5 heteroatoms. The Morgan fingerprint density at radius 2 is 1.48 bits per heavy atom. The second-order valence-corrected chi connectivity index (χ2v) is 7.31. The highest BCUT2D eigenvalue weighted by atomic mass is 16.5. The second-order valence-electron chi connectivity index (χ2n) is 7.31. The summed E-state index contributed by atoms with van der Waals surface area (Å²) in [5.74, 6) is -0.504. The molecule has 5 nitrogen and oxygen atoms in total. The van der Waals surface area contributed by atoms with Crippen molar-refractivity contribution in [1.29, 1.82) is 0 Å². The molecule has 0 unspecified atom stereocenters. The van der Waals surface area contributed by atoms with Crippen molar-refractivity contribution in [3.63, 3.8) is 0 Å². The predicted octanol–water partition coefficient (Wildman–Crippen LogP) is 3.67. The monoisotopic (exact) mass is 390 g/mol. The number of para-hydroxylation sites is 1. The molecule has 29 heavy (non-hydrogen) atoms. The van der Waals surface area contributed by atoms with E-state index in [-0.39, 0.29) is 11.8 Å². The maximum absolute atomic E-state index is 13.7. The quantitative estimate of drug-likeness (QED) is 0.590. The molecular weight excluding hydrogens is 364 g/mol. The van der Waals surface area contributed by atoms with Gasteiger partial charge in [-0.1, -0.05) is 50.2 Å². The molecule has 2 amide bonds. The summed E-state index contributed by atoms with van der Waals surface area (Å²) in [6, 6.07) is 13.4. The predicted molar refractivity (Wildman–Crippen MR) is 114 cm³/mol. The highest BCUT2D eigenvalue weighted by molar-refractivity contribution is 6.41. The van der Waals surface area contributed by atoms with Gasteiger partial charge in [-0.2, -0.15) is 0 Å². The van der Waals surface area contributed by atoms with Gasteiger partial charge in [0.1, 0.15) is 0 Å². The van der Waals surface area contributed by atoms with Crippen LogP contribution in [0.5, 0.6) is 0 Å². The van der Waals surface area contributed by atoms with Crippen LogP contribution < -0.4 is 4.90 Å². The summed E-state index contributed by atoms with van der Waals surface area (Å²) >= 11 is 0. The van der Waals surface area contributed by atoms with Crippen LogP contribution in [0, 0.1) is 0 Å². The number of benzene rings is 2. The molecule has 0 radical (unpaired) electrons. The van der Waals surface area contributed by atoms with E-state index in [0.29, 0.717) is 29.9 Å². The van der Waals surface area contributed by atoms with Gasteiger partial charge in [0.05, 0.1) is 24.5 Å². The third-order valence-electron chi connectivity index (χ3n) is 5.63. The zero-order chi connectivity index (χ0) is 20.4. The zero-order valence-electron chi connectivity index (χ0n) is 17.0. The minimum Gasteiger partial charge on any atom is -0.378 e.